The van der Waals surface area contributed by atoms with E-state index in [1.165, 1.54) is 12.1 Å². The molecule has 0 bridgehead atoms. The minimum absolute atomic E-state index is 0.00561. The van der Waals surface area contributed by atoms with E-state index < -0.39 is 16.1 Å². The summed E-state index contributed by atoms with van der Waals surface area (Å²) in [6.45, 7) is 0. The minimum atomic E-state index is -4.59. The van der Waals surface area contributed by atoms with Crippen molar-refractivity contribution in [1.82, 2.24) is 0 Å². The molecule has 0 aliphatic heterocycles. The molecule has 1 fully saturated rings. The van der Waals surface area contributed by atoms with Crippen molar-refractivity contribution in [3.05, 3.63) is 54.7 Å². The van der Waals surface area contributed by atoms with Crippen molar-refractivity contribution in [2.45, 2.75) is 42.9 Å². The van der Waals surface area contributed by atoms with Gasteiger partial charge in [-0.2, -0.15) is 0 Å². The Morgan fingerprint density at radius 3 is 2.41 bits per heavy atom. The van der Waals surface area contributed by atoms with Crippen LogP contribution in [-0.4, -0.2) is 18.9 Å². The maximum Gasteiger partial charge on any atom is 0.344 e. The van der Waals surface area contributed by atoms with Crippen LogP contribution in [0.4, 0.5) is 0 Å². The standard InChI is InChI=1S/C19H18I2O5S/c20-13-6-8-17(21)16(10-13)19(22)26-14-7-9-18(27(23,24)25)15(11-14)12-4-2-1-3-5-12/h6-12H,1-5H2,(H,23,24,25)/p-1. The summed E-state index contributed by atoms with van der Waals surface area (Å²) in [5.41, 5.74) is 0.912. The third-order valence-electron chi connectivity index (χ3n) is 4.65. The number of benzene rings is 2. The lowest BCUT2D eigenvalue weighted by Crippen LogP contribution is -2.13. The molecule has 0 amide bonds. The largest absolute Gasteiger partial charge is 0.744 e. The number of carbonyl (C=O) groups is 1. The lowest BCUT2D eigenvalue weighted by Gasteiger charge is -2.25. The summed E-state index contributed by atoms with van der Waals surface area (Å²) in [5.74, 6) is -0.262. The molecule has 0 atom stereocenters. The molecule has 0 saturated heterocycles. The number of hydrogen-bond acceptors (Lipinski definition) is 5. The van der Waals surface area contributed by atoms with Crippen LogP contribution in [0, 0.1) is 7.14 Å². The first-order chi connectivity index (χ1) is 12.8. The summed E-state index contributed by atoms with van der Waals surface area (Å²) in [6, 6.07) is 9.64. The monoisotopic (exact) mass is 611 g/mol. The van der Waals surface area contributed by atoms with Crippen molar-refractivity contribution in [2.75, 3.05) is 0 Å². The molecule has 0 spiro atoms. The molecule has 0 unspecified atom stereocenters. The highest BCUT2D eigenvalue weighted by atomic mass is 127. The average molecular weight is 611 g/mol. The van der Waals surface area contributed by atoms with Crippen molar-refractivity contribution in [3.8, 4) is 5.75 Å². The van der Waals surface area contributed by atoms with E-state index in [9.17, 15) is 17.8 Å². The van der Waals surface area contributed by atoms with Gasteiger partial charge in [0.15, 0.2) is 0 Å². The van der Waals surface area contributed by atoms with Gasteiger partial charge >= 0.3 is 5.97 Å². The second-order valence-electron chi connectivity index (χ2n) is 6.50. The van der Waals surface area contributed by atoms with Gasteiger partial charge in [0, 0.05) is 7.14 Å². The first-order valence-corrected chi connectivity index (χ1v) is 12.1. The van der Waals surface area contributed by atoms with Gasteiger partial charge in [-0.05, 0) is 106 Å². The number of rotatable bonds is 4. The fourth-order valence-electron chi connectivity index (χ4n) is 3.37. The Balaban J connectivity index is 1.94. The van der Waals surface area contributed by atoms with Crippen molar-refractivity contribution >= 4 is 61.3 Å². The Kier molecular flexibility index (Phi) is 6.80. The molecule has 1 saturated carbocycles. The summed E-state index contributed by atoms with van der Waals surface area (Å²) < 4.78 is 42.2. The zero-order chi connectivity index (χ0) is 19.6. The van der Waals surface area contributed by atoms with Crippen LogP contribution in [0.15, 0.2) is 41.3 Å². The van der Waals surface area contributed by atoms with E-state index in [4.69, 9.17) is 4.74 Å². The van der Waals surface area contributed by atoms with Gasteiger partial charge in [-0.3, -0.25) is 0 Å². The number of halogens is 2. The first-order valence-electron chi connectivity index (χ1n) is 8.53. The predicted octanol–water partition coefficient (Wildman–Crippen LogP) is 5.07. The minimum Gasteiger partial charge on any atom is -0.744 e. The molecule has 1 aliphatic rings. The van der Waals surface area contributed by atoms with Crippen molar-refractivity contribution in [1.29, 1.82) is 0 Å². The number of ether oxygens (including phenoxy) is 1. The van der Waals surface area contributed by atoms with Crippen LogP contribution in [0.3, 0.4) is 0 Å². The Hall–Kier alpha value is -0.720. The Morgan fingerprint density at radius 1 is 1.04 bits per heavy atom. The zero-order valence-electron chi connectivity index (χ0n) is 14.3. The topological polar surface area (TPSA) is 83.5 Å². The maximum atomic E-state index is 12.5. The smallest absolute Gasteiger partial charge is 0.344 e. The van der Waals surface area contributed by atoms with E-state index in [0.29, 0.717) is 11.1 Å². The van der Waals surface area contributed by atoms with Crippen LogP contribution in [0.2, 0.25) is 0 Å². The highest BCUT2D eigenvalue weighted by Gasteiger charge is 2.22. The molecule has 5 nitrogen and oxygen atoms in total. The summed E-state index contributed by atoms with van der Waals surface area (Å²) >= 11 is 4.19. The van der Waals surface area contributed by atoms with E-state index >= 15 is 0 Å². The summed E-state index contributed by atoms with van der Waals surface area (Å²) in [5, 5.41) is 0. The van der Waals surface area contributed by atoms with E-state index in [1.807, 2.05) is 12.1 Å². The van der Waals surface area contributed by atoms with Crippen molar-refractivity contribution in [2.24, 2.45) is 0 Å². The lowest BCUT2D eigenvalue weighted by atomic mass is 9.84. The molecule has 2 aromatic rings. The quantitative estimate of drug-likeness (QED) is 0.209. The van der Waals surface area contributed by atoms with Crippen LogP contribution in [-0.2, 0) is 10.1 Å². The third-order valence-corrected chi connectivity index (χ3v) is 7.18. The summed E-state index contributed by atoms with van der Waals surface area (Å²) in [4.78, 5) is 12.3. The maximum absolute atomic E-state index is 12.5. The zero-order valence-corrected chi connectivity index (χ0v) is 19.4. The Morgan fingerprint density at radius 2 is 1.74 bits per heavy atom. The van der Waals surface area contributed by atoms with Crippen molar-refractivity contribution in [3.63, 3.8) is 0 Å². The number of carbonyl (C=O) groups excluding carboxylic acids is 1. The second kappa shape index (κ2) is 8.75. The van der Waals surface area contributed by atoms with E-state index in [0.717, 1.165) is 39.2 Å². The molecule has 27 heavy (non-hydrogen) atoms. The molecule has 3 rings (SSSR count). The molecule has 1 aliphatic carbocycles. The Bertz CT molecular complexity index is 966. The third kappa shape index (κ3) is 5.21. The predicted molar refractivity (Wildman–Crippen MR) is 117 cm³/mol. The van der Waals surface area contributed by atoms with Gasteiger partial charge in [-0.25, -0.2) is 13.2 Å². The number of esters is 1. The van der Waals surface area contributed by atoms with Crippen LogP contribution >= 0.6 is 45.2 Å². The van der Waals surface area contributed by atoms with Crippen molar-refractivity contribution < 1.29 is 22.5 Å². The molecule has 0 N–H and O–H groups in total. The molecular formula is C19H17I2O5S-. The van der Waals surface area contributed by atoms with Gasteiger partial charge in [0.2, 0.25) is 0 Å². The normalized spacial score (nSPS) is 15.5. The van der Waals surface area contributed by atoms with Crippen LogP contribution in [0.1, 0.15) is 53.9 Å². The van der Waals surface area contributed by atoms with Gasteiger partial charge in [0.25, 0.3) is 0 Å². The highest BCUT2D eigenvalue weighted by molar-refractivity contribution is 14.1. The molecule has 2 aromatic carbocycles. The van der Waals surface area contributed by atoms with Gasteiger partial charge in [-0.15, -0.1) is 0 Å². The lowest BCUT2D eigenvalue weighted by molar-refractivity contribution is 0.0733. The van der Waals surface area contributed by atoms with E-state index in [1.54, 1.807) is 12.1 Å². The van der Waals surface area contributed by atoms with Crippen LogP contribution < -0.4 is 4.74 Å². The van der Waals surface area contributed by atoms with Crippen LogP contribution in [0.25, 0.3) is 0 Å². The number of hydrogen-bond donors (Lipinski definition) is 0. The van der Waals surface area contributed by atoms with Gasteiger partial charge in [0.05, 0.1) is 10.5 Å². The van der Waals surface area contributed by atoms with Gasteiger partial charge in [0.1, 0.15) is 15.9 Å². The van der Waals surface area contributed by atoms with Crippen LogP contribution in [0.5, 0.6) is 5.75 Å². The fraction of sp³-hybridized carbons (Fsp3) is 0.316. The van der Waals surface area contributed by atoms with Gasteiger partial charge in [-0.1, -0.05) is 19.3 Å². The average Bonchev–Trinajstić information content (AvgIpc) is 2.63. The molecular weight excluding hydrogens is 594 g/mol. The second-order valence-corrected chi connectivity index (χ2v) is 10.3. The van der Waals surface area contributed by atoms with E-state index in [2.05, 4.69) is 45.2 Å². The summed E-state index contributed by atoms with van der Waals surface area (Å²) in [7, 11) is -4.59. The fourth-order valence-corrected chi connectivity index (χ4v) is 5.16. The summed E-state index contributed by atoms with van der Waals surface area (Å²) in [6.07, 6.45) is 4.75. The molecule has 0 radical (unpaired) electrons. The highest BCUT2D eigenvalue weighted by Crippen LogP contribution is 2.37. The molecule has 0 heterocycles. The molecule has 0 aromatic heterocycles. The van der Waals surface area contributed by atoms with Gasteiger partial charge < -0.3 is 9.29 Å². The Labute approximate surface area is 185 Å². The van der Waals surface area contributed by atoms with E-state index in [-0.39, 0.29) is 16.6 Å². The molecule has 144 valence electrons. The SMILES string of the molecule is O=C(Oc1ccc(S(=O)(=O)[O-])c(C2CCCCC2)c1)c1cc(I)ccc1I. The molecule has 8 heteroatoms. The first kappa shape index (κ1) is 21.0.